The van der Waals surface area contributed by atoms with Crippen molar-refractivity contribution < 1.29 is 24.7 Å². The van der Waals surface area contributed by atoms with E-state index in [9.17, 15) is 0 Å². The van der Waals surface area contributed by atoms with E-state index in [1.807, 2.05) is 0 Å². The van der Waals surface area contributed by atoms with Crippen molar-refractivity contribution in [1.29, 1.82) is 0 Å². The van der Waals surface area contributed by atoms with Crippen LogP contribution in [0.3, 0.4) is 0 Å². The molecule has 0 saturated carbocycles. The van der Waals surface area contributed by atoms with E-state index in [1.165, 1.54) is 33.0 Å². The minimum absolute atomic E-state index is 0.647. The molecule has 105 valence electrons. The molecule has 0 heterocycles. The number of benzene rings is 2. The fourth-order valence-corrected chi connectivity index (χ4v) is 4.94. The summed E-state index contributed by atoms with van der Waals surface area (Å²) in [5.41, 5.74) is 7.20. The summed E-state index contributed by atoms with van der Waals surface area (Å²) in [6.45, 7) is 9.47. The summed E-state index contributed by atoms with van der Waals surface area (Å²) in [5, 5.41) is 1.53. The third-order valence-corrected chi connectivity index (χ3v) is 8.29. The molecule has 2 aromatic carbocycles. The molecular weight excluding hydrogens is 348 g/mol. The van der Waals surface area contributed by atoms with Gasteiger partial charge in [0.25, 0.3) is 0 Å². The molecule has 1 aliphatic carbocycles. The quantitative estimate of drug-likeness (QED) is 0.661. The van der Waals surface area contributed by atoms with Crippen molar-refractivity contribution in [1.82, 2.24) is 0 Å². The minimum atomic E-state index is -1.21. The fraction of sp³-hybridized carbons (Fsp3) is 0.263. The Kier molecular flexibility index (Phi) is 3.96. The molecule has 0 N–H and O–H groups in total. The molecule has 0 fully saturated rings. The Morgan fingerprint density at radius 2 is 1.62 bits per heavy atom. The van der Waals surface area contributed by atoms with E-state index in [4.69, 9.17) is 0 Å². The van der Waals surface area contributed by atoms with Gasteiger partial charge in [-0.2, -0.15) is 0 Å². The fourth-order valence-electron chi connectivity index (χ4n) is 2.95. The van der Waals surface area contributed by atoms with Gasteiger partial charge in [0.2, 0.25) is 0 Å². The molecule has 1 atom stereocenters. The predicted molar refractivity (Wildman–Crippen MR) is 91.3 cm³/mol. The second kappa shape index (κ2) is 5.48. The van der Waals surface area contributed by atoms with E-state index in [1.54, 1.807) is 24.7 Å². The second-order valence-corrected chi connectivity index (χ2v) is 13.5. The van der Waals surface area contributed by atoms with Gasteiger partial charge in [-0.25, -0.2) is 0 Å². The summed E-state index contributed by atoms with van der Waals surface area (Å²) < 4.78 is 0.647. The molecule has 0 aromatic heterocycles. The van der Waals surface area contributed by atoms with Crippen LogP contribution >= 0.6 is 0 Å². The Morgan fingerprint density at radius 3 is 2.24 bits per heavy atom. The molecular formula is C19H21SiZr. The van der Waals surface area contributed by atoms with E-state index >= 15 is 0 Å². The molecule has 0 bridgehead atoms. The van der Waals surface area contributed by atoms with Crippen LogP contribution in [0.5, 0.6) is 0 Å². The van der Waals surface area contributed by atoms with Gasteiger partial charge in [0.15, 0.2) is 0 Å². The first-order valence-corrected chi connectivity index (χ1v) is 12.4. The van der Waals surface area contributed by atoms with Crippen molar-refractivity contribution in [3.05, 3.63) is 59.2 Å². The third-order valence-electron chi connectivity index (χ3n) is 4.34. The zero-order valence-electron chi connectivity index (χ0n) is 13.2. The molecule has 0 nitrogen and oxygen atoms in total. The van der Waals surface area contributed by atoms with Crippen LogP contribution < -0.4 is 5.19 Å². The molecule has 3 rings (SSSR count). The number of fused-ring (bicyclic) bond motifs is 1. The van der Waals surface area contributed by atoms with Gasteiger partial charge in [-0.1, -0.05) is 0 Å². The van der Waals surface area contributed by atoms with Gasteiger partial charge in [0.1, 0.15) is 0 Å². The average Bonchev–Trinajstić information content (AvgIpc) is 2.74. The monoisotopic (exact) mass is 367 g/mol. The zero-order chi connectivity index (χ0) is 15.2. The molecule has 1 aliphatic rings. The van der Waals surface area contributed by atoms with Gasteiger partial charge in [0, 0.05) is 0 Å². The molecule has 21 heavy (non-hydrogen) atoms. The van der Waals surface area contributed by atoms with E-state index in [2.05, 4.69) is 75.1 Å². The predicted octanol–water partition coefficient (Wildman–Crippen LogP) is 4.90. The van der Waals surface area contributed by atoms with E-state index in [0.717, 1.165) is 0 Å². The summed E-state index contributed by atoms with van der Waals surface area (Å²) >= 11 is 1.59. The summed E-state index contributed by atoms with van der Waals surface area (Å²) in [4.78, 5) is 0. The van der Waals surface area contributed by atoms with Crippen molar-refractivity contribution in [3.63, 3.8) is 0 Å². The van der Waals surface area contributed by atoms with Gasteiger partial charge < -0.3 is 0 Å². The summed E-state index contributed by atoms with van der Waals surface area (Å²) in [5.74, 6) is 0. The van der Waals surface area contributed by atoms with E-state index < -0.39 is 8.07 Å². The van der Waals surface area contributed by atoms with Crippen molar-refractivity contribution >= 4 is 19.3 Å². The molecule has 0 spiro atoms. The molecule has 0 aliphatic heterocycles. The molecule has 0 radical (unpaired) electrons. The maximum atomic E-state index is 2.40. The molecule has 2 aromatic rings. The maximum absolute atomic E-state index is 2.40. The Labute approximate surface area is 144 Å². The van der Waals surface area contributed by atoms with Crippen LogP contribution in [0.2, 0.25) is 19.6 Å². The first-order valence-electron chi connectivity index (χ1n) is 7.51. The Balaban J connectivity index is 2.07. The Morgan fingerprint density at radius 1 is 0.952 bits per heavy atom. The topological polar surface area (TPSA) is 0 Å². The van der Waals surface area contributed by atoms with Gasteiger partial charge in [-0.3, -0.25) is 0 Å². The van der Waals surface area contributed by atoms with Crippen molar-refractivity contribution in [2.24, 2.45) is 0 Å². The Bertz CT molecular complexity index is 705. The summed E-state index contributed by atoms with van der Waals surface area (Å²) in [6.07, 6.45) is 2.39. The first-order chi connectivity index (χ1) is 9.88. The van der Waals surface area contributed by atoms with Gasteiger partial charge >= 0.3 is 145 Å². The van der Waals surface area contributed by atoms with Crippen LogP contribution in [-0.4, -0.2) is 8.07 Å². The van der Waals surface area contributed by atoms with Crippen LogP contribution in [0.4, 0.5) is 0 Å². The SMILES string of the molecule is CC1=Cc2c(-c3ccc([Si](C)(C)C)cc3)cccc2[CH]1[Zr]. The molecule has 1 unspecified atom stereocenters. The Hall–Kier alpha value is -0.720. The number of hydrogen-bond donors (Lipinski definition) is 0. The van der Waals surface area contributed by atoms with Crippen LogP contribution in [-0.2, 0) is 24.7 Å². The normalized spacial score (nSPS) is 17.5. The molecule has 0 amide bonds. The molecule has 2 heteroatoms. The van der Waals surface area contributed by atoms with Crippen molar-refractivity contribution in [2.45, 2.75) is 30.2 Å². The first kappa shape index (κ1) is 15.2. The van der Waals surface area contributed by atoms with Crippen molar-refractivity contribution in [3.8, 4) is 11.1 Å². The zero-order valence-corrected chi connectivity index (χ0v) is 16.7. The molecule has 0 saturated heterocycles. The van der Waals surface area contributed by atoms with E-state index in [-0.39, 0.29) is 0 Å². The van der Waals surface area contributed by atoms with Gasteiger partial charge in [-0.15, -0.1) is 0 Å². The number of allylic oxidation sites excluding steroid dienone is 1. The number of hydrogen-bond acceptors (Lipinski definition) is 0. The standard InChI is InChI=1S/C19H21Si.Zr/c1-14-12-16-6-5-7-18(19(16)13-14)15-8-10-17(11-9-15)20(2,3)4;/h5-13H,1-4H3;. The van der Waals surface area contributed by atoms with Crippen molar-refractivity contribution in [2.75, 3.05) is 0 Å². The van der Waals surface area contributed by atoms with Crippen LogP contribution in [0.25, 0.3) is 17.2 Å². The number of rotatable bonds is 2. The second-order valence-electron chi connectivity index (χ2n) is 6.96. The van der Waals surface area contributed by atoms with Crippen LogP contribution in [0, 0.1) is 0 Å². The van der Waals surface area contributed by atoms with Gasteiger partial charge in [-0.05, 0) is 0 Å². The van der Waals surface area contributed by atoms with E-state index in [0.29, 0.717) is 3.63 Å². The average molecular weight is 369 g/mol. The van der Waals surface area contributed by atoms with Crippen LogP contribution in [0.1, 0.15) is 21.7 Å². The van der Waals surface area contributed by atoms with Gasteiger partial charge in [0.05, 0.1) is 0 Å². The summed E-state index contributed by atoms with van der Waals surface area (Å²) in [7, 11) is -1.21. The summed E-state index contributed by atoms with van der Waals surface area (Å²) in [6, 6.07) is 16.1. The van der Waals surface area contributed by atoms with Crippen LogP contribution in [0.15, 0.2) is 48.0 Å². The third kappa shape index (κ3) is 2.81.